The molecule has 2 aromatic carbocycles. The third-order valence-electron chi connectivity index (χ3n) is 6.51. The molecule has 0 spiro atoms. The van der Waals surface area contributed by atoms with Crippen molar-refractivity contribution >= 4 is 16.8 Å². The zero-order chi connectivity index (χ0) is 20.5. The monoisotopic (exact) mass is 403 g/mol. The average molecular weight is 404 g/mol. The van der Waals surface area contributed by atoms with Crippen LogP contribution in [-0.2, 0) is 17.8 Å². The fraction of sp³-hybridized carbons (Fsp3) is 0.400. The second kappa shape index (κ2) is 8.15. The molecule has 3 aromatic rings. The van der Waals surface area contributed by atoms with Crippen molar-refractivity contribution in [2.24, 2.45) is 0 Å². The van der Waals surface area contributed by atoms with E-state index in [-0.39, 0.29) is 5.91 Å². The molecule has 2 aliphatic heterocycles. The number of benzene rings is 2. The largest absolute Gasteiger partial charge is 0.494 e. The summed E-state index contributed by atoms with van der Waals surface area (Å²) in [6.45, 7) is 5.65. The lowest BCUT2D eigenvalue weighted by molar-refractivity contribution is -0.133. The summed E-state index contributed by atoms with van der Waals surface area (Å²) in [7, 11) is 0. The van der Waals surface area contributed by atoms with E-state index in [0.717, 1.165) is 38.1 Å². The number of rotatable bonds is 5. The van der Waals surface area contributed by atoms with E-state index in [0.29, 0.717) is 25.7 Å². The first-order valence-electron chi connectivity index (χ1n) is 11.1. The number of carbonyl (C=O) groups is 1. The Morgan fingerprint density at radius 2 is 1.97 bits per heavy atom. The highest BCUT2D eigenvalue weighted by Crippen LogP contribution is 2.33. The van der Waals surface area contributed by atoms with Crippen molar-refractivity contribution in [3.05, 3.63) is 65.4 Å². The molecule has 1 amide bonds. The quantitative estimate of drug-likeness (QED) is 0.691. The Morgan fingerprint density at radius 3 is 2.80 bits per heavy atom. The molecule has 0 saturated carbocycles. The van der Waals surface area contributed by atoms with Crippen LogP contribution in [0.3, 0.4) is 0 Å². The van der Waals surface area contributed by atoms with E-state index >= 15 is 0 Å². The molecule has 30 heavy (non-hydrogen) atoms. The number of nitrogens with one attached hydrogen (secondary N) is 1. The minimum atomic E-state index is 0.240. The van der Waals surface area contributed by atoms with E-state index in [1.54, 1.807) is 0 Å². The highest BCUT2D eigenvalue weighted by molar-refractivity contribution is 5.86. The molecule has 5 nitrogen and oxygen atoms in total. The molecule has 1 unspecified atom stereocenters. The fourth-order valence-electron chi connectivity index (χ4n) is 5.00. The molecular weight excluding hydrogens is 374 g/mol. The third kappa shape index (κ3) is 3.58. The number of hydrogen-bond acceptors (Lipinski definition) is 3. The summed E-state index contributed by atoms with van der Waals surface area (Å²) in [6.07, 6.45) is 3.14. The van der Waals surface area contributed by atoms with Crippen LogP contribution in [0.5, 0.6) is 5.75 Å². The number of carbonyl (C=O) groups excluding carboxylic acids is 1. The van der Waals surface area contributed by atoms with Crippen molar-refractivity contribution < 1.29 is 9.53 Å². The molecular formula is C25H29N3O2. The molecule has 156 valence electrons. The summed E-state index contributed by atoms with van der Waals surface area (Å²) in [4.78, 5) is 21.1. The maximum absolute atomic E-state index is 13.2. The number of fused-ring (bicyclic) bond motifs is 3. The van der Waals surface area contributed by atoms with E-state index in [2.05, 4.69) is 46.3 Å². The van der Waals surface area contributed by atoms with Crippen molar-refractivity contribution in [3.63, 3.8) is 0 Å². The molecule has 0 bridgehead atoms. The Balaban J connectivity index is 1.28. The number of nitrogens with zero attached hydrogens (tertiary/aromatic N) is 2. The summed E-state index contributed by atoms with van der Waals surface area (Å²) >= 11 is 0. The maximum atomic E-state index is 13.2. The van der Waals surface area contributed by atoms with Gasteiger partial charge in [-0.2, -0.15) is 0 Å². The normalized spacial score (nSPS) is 19.2. The van der Waals surface area contributed by atoms with E-state index in [9.17, 15) is 4.79 Å². The first-order valence-corrected chi connectivity index (χ1v) is 11.1. The van der Waals surface area contributed by atoms with E-state index < -0.39 is 0 Å². The van der Waals surface area contributed by atoms with Gasteiger partial charge in [-0.1, -0.05) is 30.3 Å². The maximum Gasteiger partial charge on any atom is 0.237 e. The van der Waals surface area contributed by atoms with Gasteiger partial charge in [-0.25, -0.2) is 0 Å². The van der Waals surface area contributed by atoms with Crippen LogP contribution in [0.15, 0.2) is 48.5 Å². The van der Waals surface area contributed by atoms with Gasteiger partial charge in [0.05, 0.1) is 13.2 Å². The number of H-pyrrole nitrogens is 1. The second-order valence-corrected chi connectivity index (χ2v) is 8.32. The number of likely N-dealkylation sites (tertiary alicyclic amines) is 1. The number of ether oxygens (including phenoxy) is 1. The number of hydrogen-bond donors (Lipinski definition) is 1. The van der Waals surface area contributed by atoms with Gasteiger partial charge in [0.1, 0.15) is 5.75 Å². The molecule has 1 atom stereocenters. The van der Waals surface area contributed by atoms with Crippen LogP contribution in [0.1, 0.15) is 42.6 Å². The Kier molecular flexibility index (Phi) is 5.21. The summed E-state index contributed by atoms with van der Waals surface area (Å²) in [5, 5.41) is 1.25. The van der Waals surface area contributed by atoms with E-state index in [1.807, 2.05) is 24.0 Å². The molecule has 5 heteroatoms. The zero-order valence-corrected chi connectivity index (χ0v) is 17.6. The van der Waals surface area contributed by atoms with E-state index in [4.69, 9.17) is 4.74 Å². The highest BCUT2D eigenvalue weighted by atomic mass is 16.5. The summed E-state index contributed by atoms with van der Waals surface area (Å²) in [6, 6.07) is 17.1. The zero-order valence-electron chi connectivity index (χ0n) is 17.6. The van der Waals surface area contributed by atoms with Crippen LogP contribution < -0.4 is 4.74 Å². The Morgan fingerprint density at radius 1 is 1.13 bits per heavy atom. The van der Waals surface area contributed by atoms with Gasteiger partial charge in [0.15, 0.2) is 0 Å². The number of aromatic amines is 1. The topological polar surface area (TPSA) is 48.6 Å². The molecule has 0 aliphatic carbocycles. The lowest BCUT2D eigenvalue weighted by atomic mass is 10.0. The predicted molar refractivity (Wildman–Crippen MR) is 119 cm³/mol. The molecule has 5 rings (SSSR count). The first kappa shape index (κ1) is 19.2. The smallest absolute Gasteiger partial charge is 0.237 e. The molecule has 1 aromatic heterocycles. The summed E-state index contributed by atoms with van der Waals surface area (Å²) < 4.78 is 5.57. The molecule has 1 N–H and O–H groups in total. The van der Waals surface area contributed by atoms with Crippen molar-refractivity contribution in [1.29, 1.82) is 0 Å². The summed E-state index contributed by atoms with van der Waals surface area (Å²) in [5.41, 5.74) is 5.02. The van der Waals surface area contributed by atoms with Crippen LogP contribution in [0, 0.1) is 0 Å². The number of aromatic nitrogens is 1. The Bertz CT molecular complexity index is 1040. The third-order valence-corrected chi connectivity index (χ3v) is 6.51. The molecule has 2 aliphatic rings. The second-order valence-electron chi connectivity index (χ2n) is 8.32. The Labute approximate surface area is 177 Å². The lowest BCUT2D eigenvalue weighted by Gasteiger charge is -2.31. The van der Waals surface area contributed by atoms with Gasteiger partial charge in [-0.15, -0.1) is 0 Å². The average Bonchev–Trinajstić information content (AvgIpc) is 3.38. The lowest BCUT2D eigenvalue weighted by Crippen LogP contribution is -2.42. The van der Waals surface area contributed by atoms with Crippen molar-refractivity contribution in [3.8, 4) is 5.75 Å². The Hall–Kier alpha value is -2.79. The van der Waals surface area contributed by atoms with Gasteiger partial charge in [-0.3, -0.25) is 9.69 Å². The minimum Gasteiger partial charge on any atom is -0.494 e. The van der Waals surface area contributed by atoms with Crippen molar-refractivity contribution in [1.82, 2.24) is 14.8 Å². The SMILES string of the molecule is CCOc1ccc(C2CCCN2CC(=O)N2CCc3[nH]c4ccccc4c3C2)cc1. The molecule has 1 fully saturated rings. The van der Waals surface area contributed by atoms with Gasteiger partial charge in [-0.05, 0) is 50.1 Å². The fourth-order valence-corrected chi connectivity index (χ4v) is 5.00. The number of amides is 1. The summed E-state index contributed by atoms with van der Waals surface area (Å²) in [5.74, 6) is 1.15. The van der Waals surface area contributed by atoms with Crippen LogP contribution >= 0.6 is 0 Å². The minimum absolute atomic E-state index is 0.240. The van der Waals surface area contributed by atoms with Gasteiger partial charge in [0, 0.05) is 47.7 Å². The molecule has 1 saturated heterocycles. The molecule has 0 radical (unpaired) electrons. The van der Waals surface area contributed by atoms with Crippen LogP contribution in [0.2, 0.25) is 0 Å². The first-order chi connectivity index (χ1) is 14.7. The van der Waals surface area contributed by atoms with Crippen LogP contribution in [-0.4, -0.2) is 46.9 Å². The predicted octanol–water partition coefficient (Wildman–Crippen LogP) is 4.29. The van der Waals surface area contributed by atoms with Crippen LogP contribution in [0.25, 0.3) is 10.9 Å². The van der Waals surface area contributed by atoms with Gasteiger partial charge < -0.3 is 14.6 Å². The van der Waals surface area contributed by atoms with Gasteiger partial charge >= 0.3 is 0 Å². The standard InChI is InChI=1S/C25H29N3O2/c1-2-30-19-11-9-18(10-12-19)24-8-5-14-27(24)17-25(29)28-15-13-23-21(16-28)20-6-3-4-7-22(20)26-23/h3-4,6-7,9-12,24,26H,2,5,8,13-17H2,1H3. The van der Waals surface area contributed by atoms with Crippen LogP contribution in [0.4, 0.5) is 0 Å². The van der Waals surface area contributed by atoms with Crippen molar-refractivity contribution in [2.75, 3.05) is 26.2 Å². The number of para-hydroxylation sites is 1. The highest BCUT2D eigenvalue weighted by Gasteiger charge is 2.30. The van der Waals surface area contributed by atoms with Gasteiger partial charge in [0.25, 0.3) is 0 Å². The van der Waals surface area contributed by atoms with Crippen molar-refractivity contribution in [2.45, 2.75) is 38.8 Å². The van der Waals surface area contributed by atoms with Gasteiger partial charge in [0.2, 0.25) is 5.91 Å². The molecule has 3 heterocycles. The van der Waals surface area contributed by atoms with E-state index in [1.165, 1.54) is 27.7 Å².